The summed E-state index contributed by atoms with van der Waals surface area (Å²) in [4.78, 5) is 4.78. The Kier molecular flexibility index (Phi) is 4.03. The van der Waals surface area contributed by atoms with Crippen molar-refractivity contribution in [1.29, 1.82) is 0 Å². The number of nitrogens with two attached hydrogens (primary N) is 1. The number of aryl methyl sites for hydroxylation is 1. The molecule has 1 aromatic rings. The molecule has 2 N–H and O–H groups in total. The normalized spacial score (nSPS) is 17.5. The quantitative estimate of drug-likeness (QED) is 0.837. The Morgan fingerprint density at radius 2 is 1.78 bits per heavy atom. The number of hydrogen-bond acceptors (Lipinski definition) is 3. The van der Waals surface area contributed by atoms with Gasteiger partial charge in [-0.05, 0) is 38.5 Å². The second-order valence-corrected chi connectivity index (χ2v) is 5.71. The van der Waals surface area contributed by atoms with E-state index in [2.05, 4.69) is 23.6 Å². The molecule has 0 aromatic heterocycles. The van der Waals surface area contributed by atoms with Gasteiger partial charge >= 0.3 is 0 Å². The van der Waals surface area contributed by atoms with Crippen molar-refractivity contribution in [1.82, 2.24) is 4.90 Å². The Morgan fingerprint density at radius 3 is 2.28 bits per heavy atom. The molecule has 4 heteroatoms. The second-order valence-electron chi connectivity index (χ2n) is 5.30. The first-order valence-electron chi connectivity index (χ1n) is 6.53. The number of nitrogen functional groups attached to an aromatic ring is 1. The molecule has 0 spiro atoms. The molecule has 0 unspecified atom stereocenters. The summed E-state index contributed by atoms with van der Waals surface area (Å²) in [6.07, 6.45) is 0. The van der Waals surface area contributed by atoms with Gasteiger partial charge in [0.25, 0.3) is 0 Å². The lowest BCUT2D eigenvalue weighted by molar-refractivity contribution is 0.209. The Bertz CT molecular complexity index is 400. The van der Waals surface area contributed by atoms with Crippen LogP contribution in [0.25, 0.3) is 0 Å². The second kappa shape index (κ2) is 5.37. The minimum Gasteiger partial charge on any atom is -0.397 e. The van der Waals surface area contributed by atoms with E-state index in [1.807, 2.05) is 19.1 Å². The molecule has 1 aliphatic heterocycles. The molecule has 1 saturated heterocycles. The molecule has 100 valence electrons. The van der Waals surface area contributed by atoms with Gasteiger partial charge in [0.15, 0.2) is 0 Å². The van der Waals surface area contributed by atoms with E-state index in [4.69, 9.17) is 17.3 Å². The van der Waals surface area contributed by atoms with Gasteiger partial charge in [-0.2, -0.15) is 0 Å². The fraction of sp³-hybridized carbons (Fsp3) is 0.571. The average molecular weight is 268 g/mol. The number of anilines is 2. The summed E-state index contributed by atoms with van der Waals surface area (Å²) in [5.41, 5.74) is 9.02. The molecule has 0 saturated carbocycles. The fourth-order valence-electron chi connectivity index (χ4n) is 2.56. The molecular formula is C14H22ClN3. The van der Waals surface area contributed by atoms with E-state index in [0.717, 1.165) is 48.1 Å². The van der Waals surface area contributed by atoms with Gasteiger partial charge < -0.3 is 10.6 Å². The van der Waals surface area contributed by atoms with Crippen LogP contribution in [0.4, 0.5) is 11.4 Å². The number of benzene rings is 1. The largest absolute Gasteiger partial charge is 0.397 e. The van der Waals surface area contributed by atoms with Gasteiger partial charge in [0.2, 0.25) is 0 Å². The lowest BCUT2D eigenvalue weighted by Gasteiger charge is -2.38. The van der Waals surface area contributed by atoms with E-state index < -0.39 is 0 Å². The van der Waals surface area contributed by atoms with Crippen LogP contribution >= 0.6 is 11.6 Å². The average Bonchev–Trinajstić information content (AvgIpc) is 2.28. The zero-order valence-electron chi connectivity index (χ0n) is 11.4. The van der Waals surface area contributed by atoms with Gasteiger partial charge in [0.05, 0.1) is 16.4 Å². The number of halogens is 1. The highest BCUT2D eigenvalue weighted by molar-refractivity contribution is 6.34. The highest BCUT2D eigenvalue weighted by atomic mass is 35.5. The molecule has 0 amide bonds. The predicted molar refractivity (Wildman–Crippen MR) is 79.5 cm³/mol. The number of nitrogens with zero attached hydrogens (tertiary/aromatic N) is 2. The van der Waals surface area contributed by atoms with Crippen molar-refractivity contribution < 1.29 is 0 Å². The maximum absolute atomic E-state index is 6.33. The van der Waals surface area contributed by atoms with Gasteiger partial charge in [-0.3, -0.25) is 4.90 Å². The molecule has 0 atom stereocenters. The van der Waals surface area contributed by atoms with Gasteiger partial charge in [-0.15, -0.1) is 0 Å². The van der Waals surface area contributed by atoms with Crippen molar-refractivity contribution in [3.05, 3.63) is 22.7 Å². The minimum atomic E-state index is 0.609. The molecule has 0 radical (unpaired) electrons. The molecule has 1 fully saturated rings. The van der Waals surface area contributed by atoms with Crippen LogP contribution in [0.1, 0.15) is 19.4 Å². The van der Waals surface area contributed by atoms with Crippen LogP contribution < -0.4 is 10.6 Å². The first kappa shape index (κ1) is 13.5. The van der Waals surface area contributed by atoms with Gasteiger partial charge in [-0.25, -0.2) is 0 Å². The Balaban J connectivity index is 2.15. The highest BCUT2D eigenvalue weighted by Gasteiger charge is 2.22. The lowest BCUT2D eigenvalue weighted by atomic mass is 10.1. The molecule has 1 heterocycles. The van der Waals surface area contributed by atoms with E-state index in [-0.39, 0.29) is 0 Å². The lowest BCUT2D eigenvalue weighted by Crippen LogP contribution is -2.49. The van der Waals surface area contributed by atoms with Crippen LogP contribution in [-0.2, 0) is 0 Å². The molecule has 1 aromatic carbocycles. The Morgan fingerprint density at radius 1 is 1.17 bits per heavy atom. The van der Waals surface area contributed by atoms with E-state index in [0.29, 0.717) is 6.04 Å². The van der Waals surface area contributed by atoms with E-state index in [1.165, 1.54) is 0 Å². The zero-order valence-corrected chi connectivity index (χ0v) is 12.2. The van der Waals surface area contributed by atoms with Crippen molar-refractivity contribution in [2.24, 2.45) is 0 Å². The van der Waals surface area contributed by atoms with Crippen LogP contribution in [0.2, 0.25) is 5.02 Å². The van der Waals surface area contributed by atoms with E-state index in [1.54, 1.807) is 0 Å². The van der Waals surface area contributed by atoms with Crippen LogP contribution in [-0.4, -0.2) is 37.1 Å². The van der Waals surface area contributed by atoms with Crippen molar-refractivity contribution in [2.75, 3.05) is 36.8 Å². The Hall–Kier alpha value is -0.930. The van der Waals surface area contributed by atoms with Crippen molar-refractivity contribution in [2.45, 2.75) is 26.8 Å². The van der Waals surface area contributed by atoms with Gasteiger partial charge in [-0.1, -0.05) is 11.6 Å². The summed E-state index contributed by atoms with van der Waals surface area (Å²) in [6, 6.07) is 4.59. The summed E-state index contributed by atoms with van der Waals surface area (Å²) >= 11 is 6.33. The van der Waals surface area contributed by atoms with Crippen LogP contribution in [0.3, 0.4) is 0 Å². The molecule has 0 bridgehead atoms. The summed E-state index contributed by atoms with van der Waals surface area (Å²) < 4.78 is 0. The SMILES string of the molecule is Cc1cc(N)c(N2CCN(C(C)C)CC2)c(Cl)c1. The molecule has 3 nitrogen and oxygen atoms in total. The molecule has 18 heavy (non-hydrogen) atoms. The van der Waals surface area contributed by atoms with Crippen molar-refractivity contribution in [3.8, 4) is 0 Å². The van der Waals surface area contributed by atoms with Gasteiger partial charge in [0.1, 0.15) is 0 Å². The smallest absolute Gasteiger partial charge is 0.0790 e. The van der Waals surface area contributed by atoms with Crippen molar-refractivity contribution >= 4 is 23.0 Å². The first-order valence-corrected chi connectivity index (χ1v) is 6.91. The predicted octanol–water partition coefficient (Wildman–Crippen LogP) is 2.76. The third-order valence-corrected chi connectivity index (χ3v) is 3.89. The van der Waals surface area contributed by atoms with Crippen LogP contribution in [0.5, 0.6) is 0 Å². The van der Waals surface area contributed by atoms with E-state index >= 15 is 0 Å². The number of hydrogen-bond donors (Lipinski definition) is 1. The monoisotopic (exact) mass is 267 g/mol. The maximum Gasteiger partial charge on any atom is 0.0790 e. The zero-order chi connectivity index (χ0) is 13.3. The van der Waals surface area contributed by atoms with Crippen LogP contribution in [0.15, 0.2) is 12.1 Å². The summed E-state index contributed by atoms with van der Waals surface area (Å²) in [7, 11) is 0. The molecule has 2 rings (SSSR count). The molecule has 0 aliphatic carbocycles. The standard InChI is InChI=1S/C14H22ClN3/c1-10(2)17-4-6-18(7-5-17)14-12(15)8-11(3)9-13(14)16/h8-10H,4-7,16H2,1-3H3. The van der Waals surface area contributed by atoms with E-state index in [9.17, 15) is 0 Å². The summed E-state index contributed by atoms with van der Waals surface area (Å²) in [5.74, 6) is 0. The van der Waals surface area contributed by atoms with Crippen LogP contribution in [0, 0.1) is 6.92 Å². The first-order chi connectivity index (χ1) is 8.49. The number of rotatable bonds is 2. The van der Waals surface area contributed by atoms with Gasteiger partial charge in [0, 0.05) is 32.2 Å². The third kappa shape index (κ3) is 2.73. The molecular weight excluding hydrogens is 246 g/mol. The fourth-order valence-corrected chi connectivity index (χ4v) is 2.96. The highest BCUT2D eigenvalue weighted by Crippen LogP contribution is 2.34. The number of piperazine rings is 1. The minimum absolute atomic E-state index is 0.609. The third-order valence-electron chi connectivity index (χ3n) is 3.60. The summed E-state index contributed by atoms with van der Waals surface area (Å²) in [5, 5.41) is 0.769. The maximum atomic E-state index is 6.33. The topological polar surface area (TPSA) is 32.5 Å². The Labute approximate surface area is 115 Å². The molecule has 1 aliphatic rings. The summed E-state index contributed by atoms with van der Waals surface area (Å²) in [6.45, 7) is 10.6. The van der Waals surface area contributed by atoms with Crippen molar-refractivity contribution in [3.63, 3.8) is 0 Å².